The Bertz CT molecular complexity index is 924. The molecule has 1 heterocycles. The number of benzene rings is 2. The molecule has 1 aromatic heterocycles. The van der Waals surface area contributed by atoms with Gasteiger partial charge in [0.15, 0.2) is 24.0 Å². The van der Waals surface area contributed by atoms with Crippen LogP contribution in [0.15, 0.2) is 42.5 Å². The lowest BCUT2D eigenvalue weighted by Gasteiger charge is -2.05. The molecule has 0 aliphatic carbocycles. The van der Waals surface area contributed by atoms with Gasteiger partial charge >= 0.3 is 5.97 Å². The van der Waals surface area contributed by atoms with E-state index in [0.717, 1.165) is 33.4 Å². The van der Waals surface area contributed by atoms with Crippen molar-refractivity contribution in [1.29, 1.82) is 0 Å². The third-order valence-electron chi connectivity index (χ3n) is 3.39. The molecule has 0 spiro atoms. The monoisotopic (exact) mass is 377 g/mol. The molecule has 3 rings (SSSR count). The van der Waals surface area contributed by atoms with E-state index < -0.39 is 30.0 Å². The lowest BCUT2D eigenvalue weighted by atomic mass is 10.1. The van der Waals surface area contributed by atoms with Crippen LogP contribution in [0.3, 0.4) is 0 Å². The first-order chi connectivity index (χ1) is 12.5. The molecule has 0 saturated heterocycles. The molecular formula is C18H13F2NO4S. The zero-order valence-electron chi connectivity index (χ0n) is 13.4. The highest BCUT2D eigenvalue weighted by molar-refractivity contribution is 7.18. The third kappa shape index (κ3) is 4.47. The zero-order valence-corrected chi connectivity index (χ0v) is 14.2. The van der Waals surface area contributed by atoms with Crippen molar-refractivity contribution in [2.24, 2.45) is 0 Å². The van der Waals surface area contributed by atoms with Gasteiger partial charge in [-0.15, -0.1) is 11.3 Å². The van der Waals surface area contributed by atoms with Gasteiger partial charge in [0.2, 0.25) is 0 Å². The van der Waals surface area contributed by atoms with Crippen molar-refractivity contribution in [3.05, 3.63) is 64.7 Å². The van der Waals surface area contributed by atoms with Crippen molar-refractivity contribution < 1.29 is 27.8 Å². The molecule has 0 amide bonds. The van der Waals surface area contributed by atoms with Gasteiger partial charge in [0.1, 0.15) is 11.6 Å². The van der Waals surface area contributed by atoms with Crippen LogP contribution < -0.4 is 0 Å². The second-order valence-electron chi connectivity index (χ2n) is 5.28. The van der Waals surface area contributed by atoms with Crippen molar-refractivity contribution in [2.45, 2.75) is 6.61 Å². The number of thiazole rings is 1. The number of hydrogen-bond donors (Lipinski definition) is 0. The van der Waals surface area contributed by atoms with Crippen LogP contribution in [0.4, 0.5) is 8.78 Å². The normalized spacial score (nSPS) is 10.8. The number of carbonyl (C=O) groups is 2. The molecular weight excluding hydrogens is 364 g/mol. The number of esters is 1. The molecule has 0 unspecified atom stereocenters. The summed E-state index contributed by atoms with van der Waals surface area (Å²) in [5, 5.41) is 0.719. The molecule has 0 N–H and O–H groups in total. The lowest BCUT2D eigenvalue weighted by Crippen LogP contribution is -2.18. The highest BCUT2D eigenvalue weighted by Crippen LogP contribution is 2.21. The number of nitrogens with zero attached hydrogens (tertiary/aromatic N) is 1. The Hall–Kier alpha value is -2.71. The number of ketones is 1. The van der Waals surface area contributed by atoms with E-state index in [0.29, 0.717) is 0 Å². The molecule has 0 atom stereocenters. The third-order valence-corrected chi connectivity index (χ3v) is 4.40. The summed E-state index contributed by atoms with van der Waals surface area (Å²) in [6, 6.07) is 10.3. The maximum atomic E-state index is 13.1. The number of halogens is 2. The fourth-order valence-corrected chi connectivity index (χ4v) is 3.05. The van der Waals surface area contributed by atoms with Gasteiger partial charge < -0.3 is 9.47 Å². The van der Waals surface area contributed by atoms with Crippen LogP contribution in [0, 0.1) is 11.6 Å². The predicted octanol–water partition coefficient (Wildman–Crippen LogP) is 3.52. The predicted molar refractivity (Wildman–Crippen MR) is 90.9 cm³/mol. The van der Waals surface area contributed by atoms with E-state index in [1.165, 1.54) is 11.3 Å². The number of hydrogen-bond acceptors (Lipinski definition) is 6. The maximum absolute atomic E-state index is 13.1. The molecule has 0 radical (unpaired) electrons. The van der Waals surface area contributed by atoms with Crippen molar-refractivity contribution in [3.63, 3.8) is 0 Å². The molecule has 2 aromatic carbocycles. The van der Waals surface area contributed by atoms with Crippen LogP contribution >= 0.6 is 11.3 Å². The number of Topliss-reactive ketones (excluding diaryl/α,β-unsaturated/α-hetero) is 1. The van der Waals surface area contributed by atoms with Crippen molar-refractivity contribution in [2.75, 3.05) is 13.2 Å². The Morgan fingerprint density at radius 3 is 2.62 bits per heavy atom. The van der Waals surface area contributed by atoms with E-state index in [-0.39, 0.29) is 18.8 Å². The highest BCUT2D eigenvalue weighted by atomic mass is 32.1. The van der Waals surface area contributed by atoms with Crippen molar-refractivity contribution in [3.8, 4) is 0 Å². The average Bonchev–Trinajstić information content (AvgIpc) is 3.04. The molecule has 0 aliphatic heterocycles. The smallest absolute Gasteiger partial charge is 0.332 e. The van der Waals surface area contributed by atoms with Gasteiger partial charge in [-0.25, -0.2) is 18.6 Å². The van der Waals surface area contributed by atoms with Crippen LogP contribution in [0.2, 0.25) is 0 Å². The molecule has 5 nitrogen and oxygen atoms in total. The van der Waals surface area contributed by atoms with Gasteiger partial charge in [0.05, 0.1) is 16.8 Å². The fraction of sp³-hybridized carbons (Fsp3) is 0.167. The minimum atomic E-state index is -1.14. The lowest BCUT2D eigenvalue weighted by molar-refractivity contribution is -0.148. The molecule has 0 fully saturated rings. The van der Waals surface area contributed by atoms with E-state index in [1.54, 1.807) is 0 Å². The summed E-state index contributed by atoms with van der Waals surface area (Å²) in [7, 11) is 0. The molecule has 3 aromatic rings. The largest absolute Gasteiger partial charge is 0.456 e. The SMILES string of the molecule is O=C(COCc1nc2ccccc2s1)OCC(=O)c1ccc(F)c(F)c1. The Morgan fingerprint density at radius 1 is 1.04 bits per heavy atom. The van der Waals surface area contributed by atoms with Gasteiger partial charge in [-0.05, 0) is 30.3 Å². The maximum Gasteiger partial charge on any atom is 0.332 e. The van der Waals surface area contributed by atoms with Gasteiger partial charge in [-0.2, -0.15) is 0 Å². The van der Waals surface area contributed by atoms with Crippen LogP contribution in [0.1, 0.15) is 15.4 Å². The van der Waals surface area contributed by atoms with Crippen LogP contribution in [0.25, 0.3) is 10.2 Å². The van der Waals surface area contributed by atoms with Gasteiger partial charge in [-0.3, -0.25) is 4.79 Å². The molecule has 0 aliphatic rings. The summed E-state index contributed by atoms with van der Waals surface area (Å²) in [6.45, 7) is -0.777. The summed E-state index contributed by atoms with van der Waals surface area (Å²) in [6.07, 6.45) is 0. The summed E-state index contributed by atoms with van der Waals surface area (Å²) in [5.41, 5.74) is 0.780. The second kappa shape index (κ2) is 8.11. The van der Waals surface area contributed by atoms with E-state index in [9.17, 15) is 18.4 Å². The first-order valence-corrected chi connectivity index (χ1v) is 8.40. The Kier molecular flexibility index (Phi) is 5.65. The number of ether oxygens (including phenoxy) is 2. The van der Waals surface area contributed by atoms with Gasteiger partial charge in [0.25, 0.3) is 0 Å². The van der Waals surface area contributed by atoms with Crippen LogP contribution in [0.5, 0.6) is 0 Å². The number of carbonyl (C=O) groups excluding carboxylic acids is 2. The summed E-state index contributed by atoms with van der Waals surface area (Å²) >= 11 is 1.46. The number of para-hydroxylation sites is 1. The summed E-state index contributed by atoms with van der Waals surface area (Å²) in [4.78, 5) is 27.8. The summed E-state index contributed by atoms with van der Waals surface area (Å²) < 4.78 is 36.9. The zero-order chi connectivity index (χ0) is 18.5. The minimum Gasteiger partial charge on any atom is -0.456 e. The molecule has 8 heteroatoms. The average molecular weight is 377 g/mol. The summed E-state index contributed by atoms with van der Waals surface area (Å²) in [5.74, 6) is -3.56. The Morgan fingerprint density at radius 2 is 1.85 bits per heavy atom. The second-order valence-corrected chi connectivity index (χ2v) is 6.40. The number of rotatable bonds is 7. The van der Waals surface area contributed by atoms with E-state index >= 15 is 0 Å². The van der Waals surface area contributed by atoms with Gasteiger partial charge in [0, 0.05) is 5.56 Å². The Balaban J connectivity index is 1.43. The quantitative estimate of drug-likeness (QED) is 0.466. The number of fused-ring (bicyclic) bond motifs is 1. The molecule has 0 saturated carbocycles. The van der Waals surface area contributed by atoms with Crippen LogP contribution in [-0.4, -0.2) is 30.0 Å². The van der Waals surface area contributed by atoms with Gasteiger partial charge in [-0.1, -0.05) is 12.1 Å². The Labute approximate surface area is 151 Å². The highest BCUT2D eigenvalue weighted by Gasteiger charge is 2.13. The minimum absolute atomic E-state index is 0.0768. The van der Waals surface area contributed by atoms with E-state index in [2.05, 4.69) is 4.98 Å². The van der Waals surface area contributed by atoms with E-state index in [1.807, 2.05) is 24.3 Å². The molecule has 26 heavy (non-hydrogen) atoms. The number of aromatic nitrogens is 1. The van der Waals surface area contributed by atoms with Crippen molar-refractivity contribution >= 4 is 33.3 Å². The van der Waals surface area contributed by atoms with Crippen LogP contribution in [-0.2, 0) is 20.9 Å². The van der Waals surface area contributed by atoms with E-state index in [4.69, 9.17) is 9.47 Å². The first-order valence-electron chi connectivity index (χ1n) is 7.59. The molecule has 0 bridgehead atoms. The first kappa shape index (κ1) is 18.1. The van der Waals surface area contributed by atoms with Crippen molar-refractivity contribution in [1.82, 2.24) is 4.98 Å². The fourth-order valence-electron chi connectivity index (χ4n) is 2.14. The standard InChI is InChI=1S/C18H13F2NO4S/c19-12-6-5-11(7-13(12)20)15(22)8-25-18(23)10-24-9-17-21-14-3-1-2-4-16(14)26-17/h1-7H,8-10H2. The molecule has 134 valence electrons. The topological polar surface area (TPSA) is 65.5 Å².